The van der Waals surface area contributed by atoms with Gasteiger partial charge in [0.25, 0.3) is 0 Å². The fraction of sp³-hybridized carbons (Fsp3) is 1.00. The summed E-state index contributed by atoms with van der Waals surface area (Å²) < 4.78 is 0. The van der Waals surface area contributed by atoms with Gasteiger partial charge in [0.2, 0.25) is 0 Å². The first-order valence-electron chi connectivity index (χ1n) is 6.65. The fourth-order valence-electron chi connectivity index (χ4n) is 3.07. The van der Waals surface area contributed by atoms with Crippen molar-refractivity contribution in [2.24, 2.45) is 28.9 Å². The average Bonchev–Trinajstić information content (AvgIpc) is 2.19. The van der Waals surface area contributed by atoms with E-state index in [2.05, 4.69) is 34.6 Å². The second kappa shape index (κ2) is 4.66. The molecule has 2 nitrogen and oxygen atoms in total. The molecule has 1 rings (SSSR count). The lowest BCUT2D eigenvalue weighted by atomic mass is 9.61. The van der Waals surface area contributed by atoms with Crippen LogP contribution in [0.15, 0.2) is 0 Å². The van der Waals surface area contributed by atoms with Crippen LogP contribution in [0, 0.1) is 23.2 Å². The topological polar surface area (TPSA) is 46.2 Å². The van der Waals surface area contributed by atoms with Crippen molar-refractivity contribution >= 4 is 0 Å². The predicted octanol–water partition coefficient (Wildman–Crippen LogP) is 2.79. The van der Waals surface area contributed by atoms with E-state index in [1.807, 2.05) is 0 Å². The molecule has 1 aliphatic rings. The Hall–Kier alpha value is -0.0800. The molecule has 0 bridgehead atoms. The molecule has 0 aromatic rings. The maximum absolute atomic E-state index is 10.9. The predicted molar refractivity (Wildman–Crippen MR) is 69.1 cm³/mol. The molecule has 0 radical (unpaired) electrons. The van der Waals surface area contributed by atoms with Gasteiger partial charge in [0.05, 0.1) is 5.60 Å². The lowest BCUT2D eigenvalue weighted by Gasteiger charge is -2.49. The molecule has 2 heteroatoms. The molecule has 96 valence electrons. The molecular weight excluding hydrogens is 198 g/mol. The third kappa shape index (κ3) is 2.43. The molecule has 1 aliphatic carbocycles. The molecular formula is C14H29NO. The highest BCUT2D eigenvalue weighted by atomic mass is 16.3. The molecule has 1 fully saturated rings. The third-order valence-electron chi connectivity index (χ3n) is 4.88. The monoisotopic (exact) mass is 227 g/mol. The van der Waals surface area contributed by atoms with E-state index in [1.54, 1.807) is 0 Å². The second-order valence-corrected chi connectivity index (χ2v) is 6.84. The number of aliphatic hydroxyl groups is 1. The van der Waals surface area contributed by atoms with Gasteiger partial charge in [-0.3, -0.25) is 0 Å². The molecule has 0 aromatic heterocycles. The summed E-state index contributed by atoms with van der Waals surface area (Å²) in [6.45, 7) is 11.3. The first kappa shape index (κ1) is 14.0. The first-order chi connectivity index (χ1) is 7.22. The summed E-state index contributed by atoms with van der Waals surface area (Å²) in [5.74, 6) is 1.86. The van der Waals surface area contributed by atoms with Crippen molar-refractivity contribution in [3.05, 3.63) is 0 Å². The first-order valence-corrected chi connectivity index (χ1v) is 6.65. The Labute approximate surface area is 101 Å². The number of hydrogen-bond donors (Lipinski definition) is 2. The minimum absolute atomic E-state index is 0.132. The molecule has 1 saturated carbocycles. The Morgan fingerprint density at radius 3 is 2.06 bits per heavy atom. The van der Waals surface area contributed by atoms with Gasteiger partial charge in [-0.1, -0.05) is 41.0 Å². The highest BCUT2D eigenvalue weighted by molar-refractivity contribution is 4.99. The summed E-state index contributed by atoms with van der Waals surface area (Å²) >= 11 is 0. The van der Waals surface area contributed by atoms with Gasteiger partial charge in [0.1, 0.15) is 0 Å². The SMILES string of the molecule is CC1CCC(C(O)(CN)C(C)(C)C)CC1C. The lowest BCUT2D eigenvalue weighted by molar-refractivity contribution is -0.115. The van der Waals surface area contributed by atoms with Crippen LogP contribution >= 0.6 is 0 Å². The molecule has 4 atom stereocenters. The van der Waals surface area contributed by atoms with Crippen LogP contribution in [-0.4, -0.2) is 17.3 Å². The summed E-state index contributed by atoms with van der Waals surface area (Å²) in [5, 5.41) is 10.9. The molecule has 0 heterocycles. The summed E-state index contributed by atoms with van der Waals surface area (Å²) in [4.78, 5) is 0. The highest BCUT2D eigenvalue weighted by Gasteiger charge is 2.47. The minimum atomic E-state index is -0.707. The molecule has 0 saturated heterocycles. The molecule has 0 spiro atoms. The summed E-state index contributed by atoms with van der Waals surface area (Å²) in [6, 6.07) is 0. The van der Waals surface area contributed by atoms with Crippen LogP contribution in [0.5, 0.6) is 0 Å². The lowest BCUT2D eigenvalue weighted by Crippen LogP contribution is -2.56. The van der Waals surface area contributed by atoms with E-state index in [9.17, 15) is 5.11 Å². The molecule has 16 heavy (non-hydrogen) atoms. The van der Waals surface area contributed by atoms with Crippen molar-refractivity contribution in [3.8, 4) is 0 Å². The van der Waals surface area contributed by atoms with Gasteiger partial charge in [-0.2, -0.15) is 0 Å². The number of rotatable bonds is 2. The second-order valence-electron chi connectivity index (χ2n) is 6.84. The van der Waals surface area contributed by atoms with Crippen molar-refractivity contribution in [2.45, 2.75) is 59.5 Å². The van der Waals surface area contributed by atoms with E-state index in [4.69, 9.17) is 5.73 Å². The van der Waals surface area contributed by atoms with Crippen LogP contribution in [0.2, 0.25) is 0 Å². The van der Waals surface area contributed by atoms with Gasteiger partial charge in [-0.15, -0.1) is 0 Å². The van der Waals surface area contributed by atoms with Crippen molar-refractivity contribution in [2.75, 3.05) is 6.54 Å². The standard InChI is InChI=1S/C14H29NO/c1-10-6-7-12(8-11(10)2)14(16,9-15)13(3,4)5/h10-12,16H,6-9,15H2,1-5H3. The van der Waals surface area contributed by atoms with Gasteiger partial charge in [-0.25, -0.2) is 0 Å². The number of hydrogen-bond acceptors (Lipinski definition) is 2. The summed E-state index contributed by atoms with van der Waals surface area (Å²) in [6.07, 6.45) is 3.47. The van der Waals surface area contributed by atoms with Crippen LogP contribution in [0.25, 0.3) is 0 Å². The fourth-order valence-corrected chi connectivity index (χ4v) is 3.07. The maximum Gasteiger partial charge on any atom is 0.0845 e. The van der Waals surface area contributed by atoms with E-state index in [0.29, 0.717) is 18.4 Å². The van der Waals surface area contributed by atoms with Crippen molar-refractivity contribution in [1.82, 2.24) is 0 Å². The zero-order valence-electron chi connectivity index (χ0n) is 11.6. The Morgan fingerprint density at radius 1 is 1.12 bits per heavy atom. The normalized spacial score (nSPS) is 35.8. The molecule has 4 unspecified atom stereocenters. The molecule has 0 amide bonds. The summed E-state index contributed by atoms with van der Waals surface area (Å²) in [5.41, 5.74) is 5.01. The van der Waals surface area contributed by atoms with Gasteiger partial charge in [-0.05, 0) is 36.0 Å². The molecule has 0 aromatic carbocycles. The van der Waals surface area contributed by atoms with Crippen molar-refractivity contribution in [3.63, 3.8) is 0 Å². The van der Waals surface area contributed by atoms with Crippen LogP contribution in [0.3, 0.4) is 0 Å². The van der Waals surface area contributed by atoms with Crippen LogP contribution in [0.1, 0.15) is 53.9 Å². The minimum Gasteiger partial charge on any atom is -0.388 e. The Bertz CT molecular complexity index is 233. The third-order valence-corrected chi connectivity index (χ3v) is 4.88. The maximum atomic E-state index is 10.9. The van der Waals surface area contributed by atoms with Crippen molar-refractivity contribution in [1.29, 1.82) is 0 Å². The quantitative estimate of drug-likeness (QED) is 0.762. The van der Waals surface area contributed by atoms with E-state index >= 15 is 0 Å². The van der Waals surface area contributed by atoms with E-state index < -0.39 is 5.60 Å². The van der Waals surface area contributed by atoms with Crippen molar-refractivity contribution < 1.29 is 5.11 Å². The average molecular weight is 227 g/mol. The zero-order valence-corrected chi connectivity index (χ0v) is 11.6. The molecule has 3 N–H and O–H groups in total. The number of nitrogens with two attached hydrogens (primary N) is 1. The van der Waals surface area contributed by atoms with Crippen LogP contribution in [-0.2, 0) is 0 Å². The van der Waals surface area contributed by atoms with Crippen LogP contribution < -0.4 is 5.73 Å². The van der Waals surface area contributed by atoms with E-state index in [0.717, 1.165) is 18.8 Å². The van der Waals surface area contributed by atoms with Crippen LogP contribution in [0.4, 0.5) is 0 Å². The van der Waals surface area contributed by atoms with Gasteiger partial charge in [0, 0.05) is 6.54 Å². The summed E-state index contributed by atoms with van der Waals surface area (Å²) in [7, 11) is 0. The Morgan fingerprint density at radius 2 is 1.69 bits per heavy atom. The molecule has 0 aliphatic heterocycles. The Kier molecular flexibility index (Phi) is 4.07. The van der Waals surface area contributed by atoms with Gasteiger partial charge < -0.3 is 10.8 Å². The highest BCUT2D eigenvalue weighted by Crippen LogP contribution is 2.45. The van der Waals surface area contributed by atoms with Gasteiger partial charge >= 0.3 is 0 Å². The van der Waals surface area contributed by atoms with E-state index in [-0.39, 0.29) is 5.41 Å². The van der Waals surface area contributed by atoms with Gasteiger partial charge in [0.15, 0.2) is 0 Å². The largest absolute Gasteiger partial charge is 0.388 e. The smallest absolute Gasteiger partial charge is 0.0845 e. The van der Waals surface area contributed by atoms with E-state index in [1.165, 1.54) is 6.42 Å². The zero-order chi connectivity index (χ0) is 12.6. The Balaban J connectivity index is 2.82.